The second-order valence-corrected chi connectivity index (χ2v) is 13.3. The first-order valence-corrected chi connectivity index (χ1v) is 17.2. The molecule has 0 saturated carbocycles. The van der Waals surface area contributed by atoms with E-state index in [-0.39, 0.29) is 31.0 Å². The monoisotopic (exact) mass is 758 g/mol. The van der Waals surface area contributed by atoms with Gasteiger partial charge in [0.05, 0.1) is 37.2 Å². The molecule has 8 amide bonds. The molecule has 294 valence electrons. The second kappa shape index (κ2) is 17.7. The number of nitrogens with zero attached hydrogens (tertiary/aromatic N) is 1. The number of primary amides is 2. The van der Waals surface area contributed by atoms with Crippen LogP contribution in [0.25, 0.3) is 10.9 Å². The molecular formula is C33H46N10O11. The third-order valence-corrected chi connectivity index (χ3v) is 9.23. The van der Waals surface area contributed by atoms with E-state index >= 15 is 0 Å². The number of carbonyl (C=O) groups excluding carboxylic acids is 8. The molecule has 2 aliphatic rings. The molecule has 0 radical (unpaired) electrons. The van der Waals surface area contributed by atoms with Crippen LogP contribution in [0, 0.1) is 5.92 Å². The van der Waals surface area contributed by atoms with Gasteiger partial charge in [-0.25, -0.2) is 0 Å². The third-order valence-electron chi connectivity index (χ3n) is 9.23. The summed E-state index contributed by atoms with van der Waals surface area (Å²) in [4.78, 5) is 107. The number of nitrogens with two attached hydrogens (primary N) is 3. The molecule has 1 saturated heterocycles. The number of aromatic amines is 1. The Hall–Kier alpha value is -5.96. The maximum atomic E-state index is 13.8. The summed E-state index contributed by atoms with van der Waals surface area (Å²) in [5, 5.41) is 32.9. The molecule has 2 aromatic rings. The van der Waals surface area contributed by atoms with Crippen LogP contribution >= 0.6 is 0 Å². The molecule has 7 unspecified atom stereocenters. The Balaban J connectivity index is 1.69. The number of aromatic hydroxyl groups is 1. The first-order chi connectivity index (χ1) is 25.5. The number of phenols is 1. The number of fused-ring (bicyclic) bond motifs is 3. The van der Waals surface area contributed by atoms with Gasteiger partial charge in [0.2, 0.25) is 47.3 Å². The molecule has 0 aliphatic carbocycles. The predicted molar refractivity (Wildman–Crippen MR) is 188 cm³/mol. The van der Waals surface area contributed by atoms with Crippen molar-refractivity contribution in [3.8, 4) is 11.6 Å². The van der Waals surface area contributed by atoms with E-state index < -0.39 is 116 Å². The lowest BCUT2D eigenvalue weighted by molar-refractivity contribution is -0.142. The fraction of sp³-hybridized carbons (Fsp3) is 0.515. The van der Waals surface area contributed by atoms with E-state index in [0.29, 0.717) is 22.9 Å². The number of aliphatic hydroxyl groups is 1. The third kappa shape index (κ3) is 10.1. The molecule has 1 aromatic heterocycles. The summed E-state index contributed by atoms with van der Waals surface area (Å²) in [6.45, 7) is 1.33. The topological polar surface area (TPSA) is 343 Å². The normalized spacial score (nSPS) is 24.3. The lowest BCUT2D eigenvalue weighted by Crippen LogP contribution is -2.59. The minimum Gasteiger partial charge on any atom is -0.508 e. The van der Waals surface area contributed by atoms with E-state index in [1.807, 2.05) is 0 Å². The Labute approximate surface area is 308 Å². The van der Waals surface area contributed by atoms with Gasteiger partial charge in [0, 0.05) is 36.4 Å². The van der Waals surface area contributed by atoms with Gasteiger partial charge in [-0.1, -0.05) is 20.3 Å². The molecule has 1 aromatic carbocycles. The highest BCUT2D eigenvalue weighted by molar-refractivity contribution is 5.98. The zero-order valence-corrected chi connectivity index (χ0v) is 29.7. The Morgan fingerprint density at radius 1 is 1.04 bits per heavy atom. The highest BCUT2D eigenvalue weighted by Crippen LogP contribution is 2.31. The number of ether oxygens (including phenoxy) is 1. The average Bonchev–Trinajstić information content (AvgIpc) is 3.67. The van der Waals surface area contributed by atoms with Crippen molar-refractivity contribution >= 4 is 58.2 Å². The number of H-pyrrole nitrogens is 1. The van der Waals surface area contributed by atoms with Gasteiger partial charge >= 0.3 is 0 Å². The highest BCUT2D eigenvalue weighted by Gasteiger charge is 2.41. The van der Waals surface area contributed by atoms with Crippen LogP contribution in [-0.4, -0.2) is 130 Å². The minimum atomic E-state index is -1.67. The molecule has 1 fully saturated rings. The maximum absolute atomic E-state index is 13.8. The van der Waals surface area contributed by atoms with E-state index in [4.69, 9.17) is 21.9 Å². The van der Waals surface area contributed by atoms with Crippen LogP contribution < -0.4 is 48.5 Å². The summed E-state index contributed by atoms with van der Waals surface area (Å²) in [6, 6.07) is -2.61. The van der Waals surface area contributed by atoms with E-state index in [0.717, 1.165) is 4.90 Å². The summed E-state index contributed by atoms with van der Waals surface area (Å²) in [5.74, 6) is -7.53. The van der Waals surface area contributed by atoms with Gasteiger partial charge < -0.3 is 68.6 Å². The molecule has 14 N–H and O–H groups in total. The fourth-order valence-electron chi connectivity index (χ4n) is 6.16. The summed E-state index contributed by atoms with van der Waals surface area (Å²) in [6.07, 6.45) is -1.74. The first-order valence-electron chi connectivity index (χ1n) is 17.2. The van der Waals surface area contributed by atoms with Gasteiger partial charge in [0.25, 0.3) is 0 Å². The Morgan fingerprint density at radius 3 is 2.35 bits per heavy atom. The lowest BCUT2D eigenvalue weighted by Gasteiger charge is -2.28. The summed E-state index contributed by atoms with van der Waals surface area (Å²) in [7, 11) is 0. The maximum Gasteiger partial charge on any atom is 0.246 e. The molecule has 3 heterocycles. The van der Waals surface area contributed by atoms with Crippen molar-refractivity contribution in [1.29, 1.82) is 0 Å². The van der Waals surface area contributed by atoms with Crippen molar-refractivity contribution in [2.75, 3.05) is 26.2 Å². The molecule has 7 atom stereocenters. The van der Waals surface area contributed by atoms with Gasteiger partial charge in [0.1, 0.15) is 36.5 Å². The smallest absolute Gasteiger partial charge is 0.246 e. The van der Waals surface area contributed by atoms with Crippen molar-refractivity contribution in [2.24, 2.45) is 23.1 Å². The number of hydrogen-bond donors (Lipinski definition) is 11. The van der Waals surface area contributed by atoms with Crippen LogP contribution in [0.1, 0.15) is 38.7 Å². The van der Waals surface area contributed by atoms with Gasteiger partial charge in [-0.3, -0.25) is 38.4 Å². The van der Waals surface area contributed by atoms with Crippen LogP contribution in [0.3, 0.4) is 0 Å². The average molecular weight is 759 g/mol. The molecular weight excluding hydrogens is 712 g/mol. The number of rotatable bonds is 8. The van der Waals surface area contributed by atoms with E-state index in [9.17, 15) is 48.6 Å². The van der Waals surface area contributed by atoms with Gasteiger partial charge in [-0.15, -0.1) is 0 Å². The second-order valence-electron chi connectivity index (χ2n) is 13.3. The number of nitrogens with one attached hydrogen (secondary N) is 6. The van der Waals surface area contributed by atoms with Crippen LogP contribution in [0.15, 0.2) is 18.2 Å². The minimum absolute atomic E-state index is 0.0189. The number of likely N-dealkylation sites (tertiary alicyclic amines) is 1. The molecule has 0 bridgehead atoms. The standard InChI is InChI=1S/C33H46N10O11/c1-3-14(2)27-31(52)38-10-25(47)39-22(30(51)40-21(9-24(35)46)33(53)43-12-16(45)7-23(43)28(36)49)13-54-32-18(17-5-4-15(44)6-20(17)41-32)8-19(34)29(50)37-11-26(48)42-27/h4-6,14,16,19,21-23,27,41,44-45H,3,7-13,34H2,1-2H3,(H2,35,46)(H2,36,49)(H,37,50)(H,38,52)(H,39,47)(H,40,51)(H,42,48). The van der Waals surface area contributed by atoms with E-state index in [1.54, 1.807) is 13.8 Å². The molecule has 4 rings (SSSR count). The van der Waals surface area contributed by atoms with Crippen molar-refractivity contribution in [2.45, 2.75) is 75.8 Å². The van der Waals surface area contributed by atoms with Gasteiger partial charge in [-0.2, -0.15) is 0 Å². The quantitative estimate of drug-likeness (QED) is 0.121. The van der Waals surface area contributed by atoms with Crippen molar-refractivity contribution in [1.82, 2.24) is 36.5 Å². The van der Waals surface area contributed by atoms with Gasteiger partial charge in [-0.05, 0) is 18.1 Å². The van der Waals surface area contributed by atoms with Gasteiger partial charge in [0.15, 0.2) is 5.88 Å². The molecule has 54 heavy (non-hydrogen) atoms. The zero-order chi connectivity index (χ0) is 39.9. The Bertz CT molecular complexity index is 1800. The predicted octanol–water partition coefficient (Wildman–Crippen LogP) is -4.81. The summed E-state index contributed by atoms with van der Waals surface area (Å²) < 4.78 is 5.98. The van der Waals surface area contributed by atoms with E-state index in [2.05, 4.69) is 31.6 Å². The van der Waals surface area contributed by atoms with Crippen molar-refractivity contribution in [3.63, 3.8) is 0 Å². The number of carbonyl (C=O) groups is 8. The zero-order valence-electron chi connectivity index (χ0n) is 29.7. The Morgan fingerprint density at radius 2 is 1.70 bits per heavy atom. The summed E-state index contributed by atoms with van der Waals surface area (Å²) in [5.41, 5.74) is 17.7. The summed E-state index contributed by atoms with van der Waals surface area (Å²) >= 11 is 0. The van der Waals surface area contributed by atoms with Crippen LogP contribution in [0.2, 0.25) is 0 Å². The molecule has 0 spiro atoms. The molecule has 2 aliphatic heterocycles. The van der Waals surface area contributed by atoms with E-state index in [1.165, 1.54) is 18.2 Å². The largest absolute Gasteiger partial charge is 0.508 e. The SMILES string of the molecule is CCC(C)C1NC(=O)CNC(=O)C(N)Cc2c([nH]c3cc(O)ccc23)OCC(C(=O)NC(CC(N)=O)C(=O)N2CC(O)CC2C(N)=O)NC(=O)CNC1=O. The number of benzene rings is 1. The highest BCUT2D eigenvalue weighted by atomic mass is 16.5. The Kier molecular flexibility index (Phi) is 13.4. The van der Waals surface area contributed by atoms with Crippen molar-refractivity contribution in [3.05, 3.63) is 23.8 Å². The number of aromatic nitrogens is 1. The van der Waals surface area contributed by atoms with Crippen molar-refractivity contribution < 1.29 is 53.3 Å². The number of aliphatic hydroxyl groups excluding tert-OH is 1. The number of phenolic OH excluding ortho intramolecular Hbond substituents is 1. The van der Waals surface area contributed by atoms with Crippen LogP contribution in [0.4, 0.5) is 0 Å². The number of β-amino-alcohol motifs (C(OH)–C–C–N with tert-alkyl or cyclic N) is 1. The molecule has 21 heteroatoms. The fourth-order valence-corrected chi connectivity index (χ4v) is 6.16. The molecule has 21 nitrogen and oxygen atoms in total. The number of hydrogen-bond acceptors (Lipinski definition) is 12. The first kappa shape index (κ1) is 40.8. The number of amides is 8. The van der Waals surface area contributed by atoms with Crippen LogP contribution in [0.5, 0.6) is 11.6 Å². The lowest BCUT2D eigenvalue weighted by atomic mass is 9.98. The van der Waals surface area contributed by atoms with Crippen LogP contribution in [-0.2, 0) is 44.8 Å².